The first-order valence-electron chi connectivity index (χ1n) is 11.9. The van der Waals surface area contributed by atoms with Gasteiger partial charge in [-0.05, 0) is 30.9 Å². The standard InChI is InChI=1S/C27H31N3O3S/c1-2-3-13-24(31)27(33)30-16-14-20(15-17-30)26-29-23(18-34-26)25(32)28-22-12-8-7-11-21(22)19-9-5-4-6-10-19/h4-12,18,20,24,31H,2-3,13-17H2,1H3,(H,28,32). The summed E-state index contributed by atoms with van der Waals surface area (Å²) in [4.78, 5) is 31.8. The number of unbranched alkanes of at least 4 members (excludes halogenated alkanes) is 1. The van der Waals surface area contributed by atoms with E-state index < -0.39 is 6.10 Å². The van der Waals surface area contributed by atoms with Gasteiger partial charge in [0.05, 0.1) is 5.01 Å². The summed E-state index contributed by atoms with van der Waals surface area (Å²) in [5.41, 5.74) is 3.17. The average molecular weight is 478 g/mol. The smallest absolute Gasteiger partial charge is 0.275 e. The first kappa shape index (κ1) is 24.1. The van der Waals surface area contributed by atoms with Gasteiger partial charge in [0.15, 0.2) is 0 Å². The number of benzene rings is 2. The number of hydrogen-bond acceptors (Lipinski definition) is 5. The Morgan fingerprint density at radius 2 is 1.82 bits per heavy atom. The Kier molecular flexibility index (Phi) is 8.08. The van der Waals surface area contributed by atoms with Gasteiger partial charge in [-0.25, -0.2) is 4.98 Å². The van der Waals surface area contributed by atoms with Gasteiger partial charge in [-0.1, -0.05) is 68.3 Å². The van der Waals surface area contributed by atoms with Crippen molar-refractivity contribution >= 4 is 28.8 Å². The highest BCUT2D eigenvalue weighted by molar-refractivity contribution is 7.10. The fraction of sp³-hybridized carbons (Fsp3) is 0.370. The molecule has 1 atom stereocenters. The number of aliphatic hydroxyl groups excluding tert-OH is 1. The number of nitrogens with one attached hydrogen (secondary N) is 1. The second-order valence-electron chi connectivity index (χ2n) is 8.69. The van der Waals surface area contributed by atoms with Gasteiger partial charge in [-0.3, -0.25) is 9.59 Å². The zero-order chi connectivity index (χ0) is 23.9. The van der Waals surface area contributed by atoms with E-state index in [0.717, 1.165) is 47.5 Å². The van der Waals surface area contributed by atoms with Gasteiger partial charge >= 0.3 is 0 Å². The van der Waals surface area contributed by atoms with E-state index in [1.807, 2.05) is 66.9 Å². The van der Waals surface area contributed by atoms with E-state index in [1.165, 1.54) is 11.3 Å². The number of aliphatic hydroxyl groups is 1. The van der Waals surface area contributed by atoms with Crippen LogP contribution in [0.3, 0.4) is 0 Å². The topological polar surface area (TPSA) is 82.5 Å². The maximum atomic E-state index is 12.9. The molecule has 1 fully saturated rings. The van der Waals surface area contributed by atoms with Crippen molar-refractivity contribution in [3.63, 3.8) is 0 Å². The lowest BCUT2D eigenvalue weighted by Crippen LogP contribution is -2.43. The minimum Gasteiger partial charge on any atom is -0.383 e. The van der Waals surface area contributed by atoms with E-state index in [9.17, 15) is 14.7 Å². The Bertz CT molecular complexity index is 1110. The monoisotopic (exact) mass is 477 g/mol. The molecule has 4 rings (SSSR count). The van der Waals surface area contributed by atoms with Gasteiger partial charge in [0.2, 0.25) is 0 Å². The van der Waals surface area contributed by atoms with E-state index in [-0.39, 0.29) is 17.7 Å². The SMILES string of the molecule is CCCCC(O)C(=O)N1CCC(c2nc(C(=O)Nc3ccccc3-c3ccccc3)cs2)CC1. The fourth-order valence-electron chi connectivity index (χ4n) is 4.31. The number of thiazole rings is 1. The lowest BCUT2D eigenvalue weighted by Gasteiger charge is -2.32. The lowest BCUT2D eigenvalue weighted by molar-refractivity contribution is -0.141. The van der Waals surface area contributed by atoms with Gasteiger partial charge < -0.3 is 15.3 Å². The molecule has 178 valence electrons. The third-order valence-corrected chi connectivity index (χ3v) is 7.29. The number of para-hydroxylation sites is 1. The Balaban J connectivity index is 1.37. The minimum atomic E-state index is -0.898. The average Bonchev–Trinajstić information content (AvgIpc) is 3.38. The Hall–Kier alpha value is -3.03. The highest BCUT2D eigenvalue weighted by Gasteiger charge is 2.29. The molecule has 2 heterocycles. The van der Waals surface area contributed by atoms with E-state index in [2.05, 4.69) is 10.3 Å². The largest absolute Gasteiger partial charge is 0.383 e. The zero-order valence-corrected chi connectivity index (χ0v) is 20.3. The zero-order valence-electron chi connectivity index (χ0n) is 19.4. The molecule has 0 saturated carbocycles. The Morgan fingerprint density at radius 3 is 2.56 bits per heavy atom. The maximum absolute atomic E-state index is 12.9. The minimum absolute atomic E-state index is 0.164. The van der Waals surface area contributed by atoms with E-state index in [0.29, 0.717) is 25.2 Å². The predicted octanol–water partition coefficient (Wildman–Crippen LogP) is 5.32. The molecule has 2 amide bonds. The second kappa shape index (κ2) is 11.4. The number of likely N-dealkylation sites (tertiary alicyclic amines) is 1. The number of nitrogens with zero attached hydrogens (tertiary/aromatic N) is 2. The number of aromatic nitrogens is 1. The third-order valence-electron chi connectivity index (χ3n) is 6.29. The Morgan fingerprint density at radius 1 is 1.12 bits per heavy atom. The highest BCUT2D eigenvalue weighted by Crippen LogP contribution is 2.32. The molecule has 2 N–H and O–H groups in total. The van der Waals surface area contributed by atoms with Crippen molar-refractivity contribution in [2.24, 2.45) is 0 Å². The van der Waals surface area contributed by atoms with Crippen molar-refractivity contribution in [2.45, 2.75) is 51.0 Å². The van der Waals surface area contributed by atoms with Crippen LogP contribution in [-0.4, -0.2) is 46.0 Å². The molecule has 6 nitrogen and oxygen atoms in total. The van der Waals surface area contributed by atoms with Crippen LogP contribution >= 0.6 is 11.3 Å². The molecule has 34 heavy (non-hydrogen) atoms. The van der Waals surface area contributed by atoms with Gasteiger partial charge in [0.25, 0.3) is 11.8 Å². The van der Waals surface area contributed by atoms with Gasteiger partial charge in [0.1, 0.15) is 11.8 Å². The van der Waals surface area contributed by atoms with Crippen LogP contribution in [0.2, 0.25) is 0 Å². The number of rotatable bonds is 8. The van der Waals surface area contributed by atoms with Crippen LogP contribution in [0, 0.1) is 0 Å². The molecule has 0 radical (unpaired) electrons. The summed E-state index contributed by atoms with van der Waals surface area (Å²) in [6.45, 7) is 3.27. The van der Waals surface area contributed by atoms with Crippen molar-refractivity contribution < 1.29 is 14.7 Å². The number of amides is 2. The molecule has 3 aromatic rings. The summed E-state index contributed by atoms with van der Waals surface area (Å²) in [6.07, 6.45) is 3.02. The first-order chi connectivity index (χ1) is 16.6. The van der Waals surface area contributed by atoms with Crippen LogP contribution in [0.4, 0.5) is 5.69 Å². The molecular formula is C27H31N3O3S. The molecule has 1 aromatic heterocycles. The van der Waals surface area contributed by atoms with Crippen LogP contribution in [0.25, 0.3) is 11.1 Å². The molecule has 1 saturated heterocycles. The highest BCUT2D eigenvalue weighted by atomic mass is 32.1. The van der Waals surface area contributed by atoms with Crippen molar-refractivity contribution in [1.29, 1.82) is 0 Å². The molecule has 7 heteroatoms. The number of piperidine rings is 1. The quantitative estimate of drug-likeness (QED) is 0.460. The van der Waals surface area contributed by atoms with Crippen molar-refractivity contribution in [2.75, 3.05) is 18.4 Å². The van der Waals surface area contributed by atoms with Gasteiger partial charge in [-0.15, -0.1) is 11.3 Å². The molecule has 1 unspecified atom stereocenters. The van der Waals surface area contributed by atoms with Crippen molar-refractivity contribution in [3.05, 3.63) is 70.7 Å². The van der Waals surface area contributed by atoms with E-state index in [4.69, 9.17) is 0 Å². The summed E-state index contributed by atoms with van der Waals surface area (Å²) in [5.74, 6) is -0.166. The molecular weight excluding hydrogens is 446 g/mol. The molecule has 1 aliphatic heterocycles. The van der Waals surface area contributed by atoms with Crippen LogP contribution in [0.5, 0.6) is 0 Å². The molecule has 2 aromatic carbocycles. The molecule has 0 aliphatic carbocycles. The van der Waals surface area contributed by atoms with E-state index in [1.54, 1.807) is 4.90 Å². The van der Waals surface area contributed by atoms with Crippen molar-refractivity contribution in [3.8, 4) is 11.1 Å². The summed E-state index contributed by atoms with van der Waals surface area (Å²) >= 11 is 1.50. The summed E-state index contributed by atoms with van der Waals surface area (Å²) in [5, 5.41) is 15.9. The summed E-state index contributed by atoms with van der Waals surface area (Å²) in [6, 6.07) is 17.7. The number of anilines is 1. The number of hydrogen-bond donors (Lipinski definition) is 2. The van der Waals surface area contributed by atoms with Gasteiger partial charge in [-0.2, -0.15) is 0 Å². The van der Waals surface area contributed by atoms with Gasteiger partial charge in [0, 0.05) is 35.6 Å². The molecule has 0 bridgehead atoms. The number of carbonyl (C=O) groups excluding carboxylic acids is 2. The van der Waals surface area contributed by atoms with E-state index >= 15 is 0 Å². The third kappa shape index (κ3) is 5.72. The summed E-state index contributed by atoms with van der Waals surface area (Å²) < 4.78 is 0. The molecule has 1 aliphatic rings. The maximum Gasteiger partial charge on any atom is 0.275 e. The fourth-order valence-corrected chi connectivity index (χ4v) is 5.28. The van der Waals surface area contributed by atoms with Crippen molar-refractivity contribution in [1.82, 2.24) is 9.88 Å². The Labute approximate surface area is 204 Å². The van der Waals surface area contributed by atoms with Crippen LogP contribution < -0.4 is 5.32 Å². The predicted molar refractivity (Wildman–Crippen MR) is 136 cm³/mol. The first-order valence-corrected chi connectivity index (χ1v) is 12.8. The number of carbonyl (C=O) groups is 2. The summed E-state index contributed by atoms with van der Waals surface area (Å²) in [7, 11) is 0. The normalized spacial score (nSPS) is 15.2. The molecule has 0 spiro atoms. The van der Waals surface area contributed by atoms with Crippen LogP contribution in [0.15, 0.2) is 60.0 Å². The van der Waals surface area contributed by atoms with Crippen LogP contribution in [0.1, 0.15) is 60.4 Å². The van der Waals surface area contributed by atoms with Crippen LogP contribution in [-0.2, 0) is 4.79 Å². The second-order valence-corrected chi connectivity index (χ2v) is 9.58. The lowest BCUT2D eigenvalue weighted by atomic mass is 9.97.